The molecule has 3 heteroatoms. The fourth-order valence-corrected chi connectivity index (χ4v) is 1.94. The number of aliphatic hydroxyl groups is 1. The Bertz CT molecular complexity index is 387. The van der Waals surface area contributed by atoms with Crippen LogP contribution in [0.1, 0.15) is 37.2 Å². The predicted octanol–water partition coefficient (Wildman–Crippen LogP) is 2.30. The summed E-state index contributed by atoms with van der Waals surface area (Å²) < 4.78 is 1.90. The van der Waals surface area contributed by atoms with E-state index in [1.165, 1.54) is 11.3 Å². The predicted molar refractivity (Wildman–Crippen MR) is 66.4 cm³/mol. The highest BCUT2D eigenvalue weighted by atomic mass is 16.3. The number of aryl methyl sites for hydroxylation is 2. The third-order valence-corrected chi connectivity index (χ3v) is 2.87. The molecule has 90 valence electrons. The lowest BCUT2D eigenvalue weighted by molar-refractivity contribution is 0.212. The molecule has 0 radical (unpaired) electrons. The van der Waals surface area contributed by atoms with Gasteiger partial charge < -0.3 is 5.11 Å². The highest BCUT2D eigenvalue weighted by Crippen LogP contribution is 2.15. The van der Waals surface area contributed by atoms with Gasteiger partial charge in [-0.15, -0.1) is 0 Å². The van der Waals surface area contributed by atoms with Gasteiger partial charge in [0.05, 0.1) is 11.8 Å². The van der Waals surface area contributed by atoms with Crippen LogP contribution in [-0.2, 0) is 13.5 Å². The molecule has 1 N–H and O–H groups in total. The second-order valence-corrected chi connectivity index (χ2v) is 4.62. The monoisotopic (exact) mass is 222 g/mol. The van der Waals surface area contributed by atoms with Gasteiger partial charge >= 0.3 is 0 Å². The molecule has 0 aliphatic carbocycles. The van der Waals surface area contributed by atoms with E-state index in [1.54, 1.807) is 0 Å². The van der Waals surface area contributed by atoms with Gasteiger partial charge in [0.2, 0.25) is 0 Å². The van der Waals surface area contributed by atoms with Gasteiger partial charge in [-0.05, 0) is 46.1 Å². The average Bonchev–Trinajstić information content (AvgIpc) is 2.38. The average molecular weight is 222 g/mol. The number of allylic oxidation sites excluding steroid dienone is 1. The Balaban J connectivity index is 2.65. The maximum absolute atomic E-state index is 9.77. The van der Waals surface area contributed by atoms with Gasteiger partial charge in [-0.3, -0.25) is 4.68 Å². The maximum Gasteiger partial charge on any atom is 0.0726 e. The summed E-state index contributed by atoms with van der Waals surface area (Å²) in [5.74, 6) is 0. The third-order valence-electron chi connectivity index (χ3n) is 2.87. The number of aromatic nitrogens is 2. The molecule has 0 fully saturated rings. The number of nitrogens with zero attached hydrogens (tertiary/aromatic N) is 2. The van der Waals surface area contributed by atoms with E-state index >= 15 is 0 Å². The molecule has 1 aromatic heterocycles. The van der Waals surface area contributed by atoms with Crippen molar-refractivity contribution in [2.75, 3.05) is 0 Å². The summed E-state index contributed by atoms with van der Waals surface area (Å²) in [6.45, 7) is 8.10. The van der Waals surface area contributed by atoms with Crippen LogP contribution in [0, 0.1) is 13.8 Å². The van der Waals surface area contributed by atoms with Gasteiger partial charge in [-0.1, -0.05) is 11.6 Å². The lowest BCUT2D eigenvalue weighted by Gasteiger charge is -2.07. The first-order chi connectivity index (χ1) is 7.41. The smallest absolute Gasteiger partial charge is 0.0726 e. The number of hydrogen-bond donors (Lipinski definition) is 1. The molecule has 0 aromatic carbocycles. The van der Waals surface area contributed by atoms with Gasteiger partial charge in [0.25, 0.3) is 0 Å². The first kappa shape index (κ1) is 13.0. The van der Waals surface area contributed by atoms with Crippen molar-refractivity contribution in [1.82, 2.24) is 9.78 Å². The van der Waals surface area contributed by atoms with Crippen molar-refractivity contribution < 1.29 is 5.11 Å². The molecule has 3 nitrogen and oxygen atoms in total. The van der Waals surface area contributed by atoms with Crippen LogP contribution in [0.2, 0.25) is 0 Å². The minimum Gasteiger partial charge on any atom is -0.389 e. The van der Waals surface area contributed by atoms with E-state index in [9.17, 15) is 5.11 Å². The first-order valence-electron chi connectivity index (χ1n) is 5.74. The van der Waals surface area contributed by atoms with E-state index in [0.29, 0.717) is 0 Å². The van der Waals surface area contributed by atoms with E-state index in [2.05, 4.69) is 12.0 Å². The Hall–Kier alpha value is -1.09. The van der Waals surface area contributed by atoms with Gasteiger partial charge in [0, 0.05) is 12.7 Å². The fourth-order valence-electron chi connectivity index (χ4n) is 1.94. The SMILES string of the molecule is CC(C)=CC(O)CCc1c(C)nn(C)c1C. The lowest BCUT2D eigenvalue weighted by Crippen LogP contribution is -2.05. The fraction of sp³-hybridized carbons (Fsp3) is 0.615. The maximum atomic E-state index is 9.77. The molecule has 0 saturated carbocycles. The van der Waals surface area contributed by atoms with Crippen LogP contribution in [0.4, 0.5) is 0 Å². The summed E-state index contributed by atoms with van der Waals surface area (Å²) in [7, 11) is 1.96. The minimum atomic E-state index is -0.344. The molecular weight excluding hydrogens is 200 g/mol. The zero-order valence-corrected chi connectivity index (χ0v) is 10.9. The van der Waals surface area contributed by atoms with E-state index < -0.39 is 0 Å². The van der Waals surface area contributed by atoms with Crippen LogP contribution < -0.4 is 0 Å². The van der Waals surface area contributed by atoms with Crippen LogP contribution >= 0.6 is 0 Å². The summed E-state index contributed by atoms with van der Waals surface area (Å²) >= 11 is 0. The molecule has 1 unspecified atom stereocenters. The third kappa shape index (κ3) is 3.20. The van der Waals surface area contributed by atoms with Crippen molar-refractivity contribution in [3.05, 3.63) is 28.6 Å². The van der Waals surface area contributed by atoms with Crippen LogP contribution in [0.3, 0.4) is 0 Å². The van der Waals surface area contributed by atoms with Crippen LogP contribution in [-0.4, -0.2) is 21.0 Å². The molecular formula is C13H22N2O. The van der Waals surface area contributed by atoms with Crippen molar-refractivity contribution in [2.45, 2.75) is 46.6 Å². The Morgan fingerprint density at radius 3 is 2.50 bits per heavy atom. The van der Waals surface area contributed by atoms with Crippen LogP contribution in [0.25, 0.3) is 0 Å². The Morgan fingerprint density at radius 1 is 1.44 bits per heavy atom. The molecule has 0 saturated heterocycles. The largest absolute Gasteiger partial charge is 0.389 e. The second kappa shape index (κ2) is 5.30. The van der Waals surface area contributed by atoms with Gasteiger partial charge in [-0.2, -0.15) is 5.10 Å². The standard InChI is InChI=1S/C13H22N2O/c1-9(2)8-12(16)6-7-13-10(3)14-15(5)11(13)4/h8,12,16H,6-7H2,1-5H3. The molecule has 0 bridgehead atoms. The molecule has 0 aliphatic rings. The molecule has 1 atom stereocenters. The second-order valence-electron chi connectivity index (χ2n) is 4.62. The quantitative estimate of drug-likeness (QED) is 0.794. The molecule has 1 aromatic rings. The number of hydrogen-bond acceptors (Lipinski definition) is 2. The molecule has 16 heavy (non-hydrogen) atoms. The minimum absolute atomic E-state index is 0.344. The normalized spacial score (nSPS) is 12.6. The van der Waals surface area contributed by atoms with E-state index in [4.69, 9.17) is 0 Å². The number of rotatable bonds is 4. The van der Waals surface area contributed by atoms with E-state index in [0.717, 1.165) is 24.1 Å². The molecule has 0 aliphatic heterocycles. The van der Waals surface area contributed by atoms with Gasteiger partial charge in [0.15, 0.2) is 0 Å². The summed E-state index contributed by atoms with van der Waals surface area (Å²) in [5, 5.41) is 14.1. The lowest BCUT2D eigenvalue weighted by atomic mass is 10.0. The van der Waals surface area contributed by atoms with E-state index in [1.807, 2.05) is 38.6 Å². The summed E-state index contributed by atoms with van der Waals surface area (Å²) in [5.41, 5.74) is 4.70. The topological polar surface area (TPSA) is 38.1 Å². The summed E-state index contributed by atoms with van der Waals surface area (Å²) in [6, 6.07) is 0. The van der Waals surface area contributed by atoms with Crippen LogP contribution in [0.5, 0.6) is 0 Å². The van der Waals surface area contributed by atoms with Crippen molar-refractivity contribution >= 4 is 0 Å². The summed E-state index contributed by atoms with van der Waals surface area (Å²) in [4.78, 5) is 0. The van der Waals surface area contributed by atoms with Crippen molar-refractivity contribution in [3.8, 4) is 0 Å². The Labute approximate surface area is 97.8 Å². The van der Waals surface area contributed by atoms with Gasteiger partial charge in [-0.25, -0.2) is 0 Å². The van der Waals surface area contributed by atoms with Crippen molar-refractivity contribution in [3.63, 3.8) is 0 Å². The molecule has 0 spiro atoms. The first-order valence-corrected chi connectivity index (χ1v) is 5.74. The zero-order valence-electron chi connectivity index (χ0n) is 10.9. The molecule has 0 amide bonds. The van der Waals surface area contributed by atoms with Crippen LogP contribution in [0.15, 0.2) is 11.6 Å². The van der Waals surface area contributed by atoms with E-state index in [-0.39, 0.29) is 6.10 Å². The molecule has 1 rings (SSSR count). The zero-order chi connectivity index (χ0) is 12.3. The Kier molecular flexibility index (Phi) is 4.30. The van der Waals surface area contributed by atoms with Gasteiger partial charge in [0.1, 0.15) is 0 Å². The Morgan fingerprint density at radius 2 is 2.06 bits per heavy atom. The molecule has 1 heterocycles. The van der Waals surface area contributed by atoms with Crippen molar-refractivity contribution in [1.29, 1.82) is 0 Å². The summed E-state index contributed by atoms with van der Waals surface area (Å²) in [6.07, 6.45) is 3.21. The number of aliphatic hydroxyl groups excluding tert-OH is 1. The highest BCUT2D eigenvalue weighted by molar-refractivity contribution is 5.24. The van der Waals surface area contributed by atoms with Crippen molar-refractivity contribution in [2.24, 2.45) is 7.05 Å². The highest BCUT2D eigenvalue weighted by Gasteiger charge is 2.10.